The molecule has 4 rings (SSSR count). The summed E-state index contributed by atoms with van der Waals surface area (Å²) >= 11 is 12.2. The van der Waals surface area contributed by atoms with Gasteiger partial charge >= 0.3 is 5.97 Å². The van der Waals surface area contributed by atoms with Crippen molar-refractivity contribution in [2.75, 3.05) is 31.1 Å². The number of rotatable bonds is 3. The number of aromatic carboxylic acids is 1. The standard InChI is InChI=1S/C17H15Cl2F2N3O3/c18-17(19)6-11(17)24-7-9(16(26)27)15(25)8-5-10(20)14(12(21)13(8)24)23-3-1-22-2-4-23/h5,7,11,22H,1-4,6H2,(H,26,27). The minimum Gasteiger partial charge on any atom is -0.477 e. The molecule has 1 saturated heterocycles. The van der Waals surface area contributed by atoms with Gasteiger partial charge in [-0.05, 0) is 6.07 Å². The molecule has 2 aliphatic rings. The van der Waals surface area contributed by atoms with Crippen LogP contribution in [0.5, 0.6) is 0 Å². The third-order valence-electron chi connectivity index (χ3n) is 4.98. The molecule has 1 aliphatic heterocycles. The smallest absolute Gasteiger partial charge is 0.341 e. The Morgan fingerprint density at radius 2 is 1.93 bits per heavy atom. The molecule has 1 unspecified atom stereocenters. The average molecular weight is 418 g/mol. The minimum absolute atomic E-state index is 0.187. The van der Waals surface area contributed by atoms with Gasteiger partial charge < -0.3 is 19.9 Å². The molecule has 0 bridgehead atoms. The molecule has 1 atom stereocenters. The van der Waals surface area contributed by atoms with Crippen molar-refractivity contribution in [2.45, 2.75) is 16.8 Å². The van der Waals surface area contributed by atoms with E-state index in [1.807, 2.05) is 0 Å². The van der Waals surface area contributed by atoms with Gasteiger partial charge in [-0.1, -0.05) is 23.2 Å². The number of piperazine rings is 1. The quantitative estimate of drug-likeness (QED) is 0.750. The molecule has 0 spiro atoms. The average Bonchev–Trinajstić information content (AvgIpc) is 3.24. The van der Waals surface area contributed by atoms with Crippen LogP contribution in [0.15, 0.2) is 17.1 Å². The Labute approximate surface area is 162 Å². The molecule has 1 saturated carbocycles. The molecule has 144 valence electrons. The van der Waals surface area contributed by atoms with Gasteiger partial charge in [0, 0.05) is 38.8 Å². The SMILES string of the molecule is O=C(O)c1cn(C2CC2(Cl)Cl)c2c(F)c(N3CCNCC3)c(F)cc2c1=O. The van der Waals surface area contributed by atoms with E-state index in [-0.39, 0.29) is 23.0 Å². The number of nitrogens with zero attached hydrogens (tertiary/aromatic N) is 2. The van der Waals surface area contributed by atoms with E-state index in [9.17, 15) is 19.1 Å². The van der Waals surface area contributed by atoms with Gasteiger partial charge in [0.15, 0.2) is 5.82 Å². The van der Waals surface area contributed by atoms with Crippen molar-refractivity contribution in [1.29, 1.82) is 0 Å². The summed E-state index contributed by atoms with van der Waals surface area (Å²) in [6.45, 7) is 1.93. The zero-order valence-electron chi connectivity index (χ0n) is 13.9. The lowest BCUT2D eigenvalue weighted by Gasteiger charge is -2.30. The predicted molar refractivity (Wildman–Crippen MR) is 98.3 cm³/mol. The van der Waals surface area contributed by atoms with Gasteiger partial charge in [-0.15, -0.1) is 0 Å². The topological polar surface area (TPSA) is 74.6 Å². The number of nitrogens with one attached hydrogen (secondary N) is 1. The van der Waals surface area contributed by atoms with Crippen LogP contribution in [0.2, 0.25) is 0 Å². The summed E-state index contributed by atoms with van der Waals surface area (Å²) in [6, 6.07) is 0.283. The van der Waals surface area contributed by atoms with Crippen LogP contribution in [-0.4, -0.2) is 46.2 Å². The Morgan fingerprint density at radius 1 is 1.30 bits per heavy atom. The summed E-state index contributed by atoms with van der Waals surface area (Å²) in [5.41, 5.74) is -1.97. The van der Waals surface area contributed by atoms with Crippen molar-refractivity contribution in [2.24, 2.45) is 0 Å². The van der Waals surface area contributed by atoms with Crippen LogP contribution in [0.4, 0.5) is 14.5 Å². The van der Waals surface area contributed by atoms with Crippen molar-refractivity contribution in [3.05, 3.63) is 39.7 Å². The molecular weight excluding hydrogens is 403 g/mol. The van der Waals surface area contributed by atoms with Gasteiger partial charge in [-0.2, -0.15) is 0 Å². The fourth-order valence-electron chi connectivity index (χ4n) is 3.51. The number of aromatic nitrogens is 1. The lowest BCUT2D eigenvalue weighted by Crippen LogP contribution is -2.44. The fraction of sp³-hybridized carbons (Fsp3) is 0.412. The molecule has 2 heterocycles. The Bertz CT molecular complexity index is 1020. The maximum Gasteiger partial charge on any atom is 0.341 e. The normalized spacial score (nSPS) is 21.5. The van der Waals surface area contributed by atoms with Crippen LogP contribution in [0.1, 0.15) is 22.8 Å². The van der Waals surface area contributed by atoms with Crippen molar-refractivity contribution < 1.29 is 18.7 Å². The monoisotopic (exact) mass is 417 g/mol. The third-order valence-corrected chi connectivity index (χ3v) is 5.79. The molecule has 2 fully saturated rings. The first-order valence-corrected chi connectivity index (χ1v) is 9.11. The molecule has 2 aromatic rings. The van der Waals surface area contributed by atoms with Crippen LogP contribution >= 0.6 is 23.2 Å². The van der Waals surface area contributed by atoms with Gasteiger partial charge in [-0.25, -0.2) is 13.6 Å². The van der Waals surface area contributed by atoms with E-state index in [0.717, 1.165) is 12.3 Å². The Morgan fingerprint density at radius 3 is 2.48 bits per heavy atom. The molecule has 6 nitrogen and oxygen atoms in total. The third kappa shape index (κ3) is 2.96. The zero-order chi connectivity index (χ0) is 19.5. The number of benzene rings is 1. The summed E-state index contributed by atoms with van der Waals surface area (Å²) in [5, 5.41) is 12.0. The van der Waals surface area contributed by atoms with Crippen molar-refractivity contribution in [3.63, 3.8) is 0 Å². The van der Waals surface area contributed by atoms with Crippen molar-refractivity contribution in [3.8, 4) is 0 Å². The Hall–Kier alpha value is -1.90. The second kappa shape index (κ2) is 6.32. The highest BCUT2D eigenvalue weighted by Crippen LogP contribution is 2.57. The van der Waals surface area contributed by atoms with E-state index in [2.05, 4.69) is 5.32 Å². The van der Waals surface area contributed by atoms with Crippen LogP contribution in [-0.2, 0) is 0 Å². The van der Waals surface area contributed by atoms with Gasteiger partial charge in [0.25, 0.3) is 0 Å². The number of anilines is 1. The number of alkyl halides is 2. The second-order valence-corrected chi connectivity index (χ2v) is 8.26. The van der Waals surface area contributed by atoms with Crippen molar-refractivity contribution >= 4 is 45.8 Å². The number of pyridine rings is 1. The lowest BCUT2D eigenvalue weighted by molar-refractivity contribution is 0.0694. The number of fused-ring (bicyclic) bond motifs is 1. The number of hydrogen-bond donors (Lipinski definition) is 2. The van der Waals surface area contributed by atoms with Gasteiger partial charge in [0.1, 0.15) is 21.4 Å². The van der Waals surface area contributed by atoms with Gasteiger partial charge in [0.05, 0.1) is 16.9 Å². The molecule has 0 amide bonds. The van der Waals surface area contributed by atoms with E-state index in [4.69, 9.17) is 23.2 Å². The molecular formula is C17H15Cl2F2N3O3. The first kappa shape index (κ1) is 18.5. The van der Waals surface area contributed by atoms with E-state index in [1.165, 1.54) is 4.57 Å². The molecule has 0 radical (unpaired) electrons. The minimum atomic E-state index is -1.49. The largest absolute Gasteiger partial charge is 0.477 e. The summed E-state index contributed by atoms with van der Waals surface area (Å²) in [6.07, 6.45) is 1.29. The maximum absolute atomic E-state index is 15.4. The highest BCUT2D eigenvalue weighted by molar-refractivity contribution is 6.51. The van der Waals surface area contributed by atoms with Crippen LogP contribution in [0.25, 0.3) is 10.9 Å². The van der Waals surface area contributed by atoms with E-state index in [1.54, 1.807) is 4.90 Å². The predicted octanol–water partition coefficient (Wildman–Crippen LogP) is 2.51. The van der Waals surface area contributed by atoms with Crippen LogP contribution in [0.3, 0.4) is 0 Å². The number of carboxylic acid groups (broad SMARTS) is 1. The van der Waals surface area contributed by atoms with Crippen molar-refractivity contribution in [1.82, 2.24) is 9.88 Å². The van der Waals surface area contributed by atoms with E-state index >= 15 is 4.39 Å². The zero-order valence-corrected chi connectivity index (χ0v) is 15.4. The van der Waals surface area contributed by atoms with Gasteiger partial charge in [0.2, 0.25) is 5.43 Å². The Balaban J connectivity index is 2.03. The summed E-state index contributed by atoms with van der Waals surface area (Å²) in [4.78, 5) is 25.5. The molecule has 27 heavy (non-hydrogen) atoms. The highest BCUT2D eigenvalue weighted by atomic mass is 35.5. The van der Waals surface area contributed by atoms with Gasteiger partial charge in [-0.3, -0.25) is 4.79 Å². The molecule has 1 aromatic heterocycles. The number of carbonyl (C=O) groups is 1. The summed E-state index contributed by atoms with van der Waals surface area (Å²) in [7, 11) is 0. The maximum atomic E-state index is 15.4. The second-order valence-electron chi connectivity index (χ2n) is 6.72. The molecule has 1 aromatic carbocycles. The summed E-state index contributed by atoms with van der Waals surface area (Å²) < 4.78 is 30.2. The summed E-state index contributed by atoms with van der Waals surface area (Å²) in [5.74, 6) is -3.32. The number of carboxylic acids is 1. The fourth-order valence-corrected chi connectivity index (χ4v) is 4.01. The highest BCUT2D eigenvalue weighted by Gasteiger charge is 2.53. The number of halogens is 4. The van der Waals surface area contributed by atoms with E-state index in [0.29, 0.717) is 26.2 Å². The number of hydrogen-bond acceptors (Lipinski definition) is 4. The van der Waals surface area contributed by atoms with Crippen LogP contribution in [0, 0.1) is 11.6 Å². The molecule has 2 N–H and O–H groups in total. The molecule has 10 heteroatoms. The lowest BCUT2D eigenvalue weighted by atomic mass is 10.1. The molecule has 1 aliphatic carbocycles. The Kier molecular flexibility index (Phi) is 4.32. The first-order valence-electron chi connectivity index (χ1n) is 8.36. The first-order chi connectivity index (χ1) is 12.7. The van der Waals surface area contributed by atoms with Crippen LogP contribution < -0.4 is 15.6 Å². The van der Waals surface area contributed by atoms with E-state index < -0.39 is 39.0 Å².